The van der Waals surface area contributed by atoms with E-state index in [1.165, 1.54) is 0 Å². The van der Waals surface area contributed by atoms with Gasteiger partial charge in [0.2, 0.25) is 0 Å². The zero-order valence-corrected chi connectivity index (χ0v) is 6.28. The van der Waals surface area contributed by atoms with Crippen molar-refractivity contribution in [3.63, 3.8) is 0 Å². The largest absolute Gasteiger partial charge is 0.343 e. The Morgan fingerprint density at radius 2 is 2.45 bits per heavy atom. The zero-order chi connectivity index (χ0) is 7.68. The molecule has 0 aliphatic carbocycles. The number of imidazole rings is 1. The van der Waals surface area contributed by atoms with Gasteiger partial charge in [-0.05, 0) is 5.92 Å². The van der Waals surface area contributed by atoms with Crippen LogP contribution in [0, 0.1) is 5.92 Å². The minimum absolute atomic E-state index is 0.431. The highest BCUT2D eigenvalue weighted by molar-refractivity contribution is 5.26. The SMILES string of the molecule is CC1C=CN=c2nc[nH]c2=C1. The van der Waals surface area contributed by atoms with E-state index < -0.39 is 0 Å². The van der Waals surface area contributed by atoms with E-state index in [0.717, 1.165) is 10.8 Å². The highest BCUT2D eigenvalue weighted by Crippen LogP contribution is 1.98. The number of rotatable bonds is 0. The Kier molecular flexibility index (Phi) is 1.35. The molecule has 0 amide bonds. The summed E-state index contributed by atoms with van der Waals surface area (Å²) in [5.74, 6) is 0.431. The molecule has 0 radical (unpaired) electrons. The molecule has 1 atom stereocenters. The van der Waals surface area contributed by atoms with Gasteiger partial charge in [-0.25, -0.2) is 9.98 Å². The van der Waals surface area contributed by atoms with E-state index in [1.54, 1.807) is 12.5 Å². The Labute approximate surface area is 64.2 Å². The molecule has 3 nitrogen and oxygen atoms in total. The van der Waals surface area contributed by atoms with Crippen LogP contribution in [0.3, 0.4) is 0 Å². The highest BCUT2D eigenvalue weighted by atomic mass is 14.9. The number of H-pyrrole nitrogens is 1. The normalized spacial score (nSPS) is 21.4. The standard InChI is InChI=1S/C8H9N3/c1-6-2-3-9-8-7(4-6)10-5-11-8/h2-6H,1H3,(H,9,10,11). The smallest absolute Gasteiger partial charge is 0.177 e. The average Bonchev–Trinajstić information content (AvgIpc) is 2.31. The van der Waals surface area contributed by atoms with Crippen LogP contribution in [0.1, 0.15) is 6.92 Å². The van der Waals surface area contributed by atoms with Gasteiger partial charge in [0.1, 0.15) is 0 Å². The molecular weight excluding hydrogens is 138 g/mol. The van der Waals surface area contributed by atoms with Crippen LogP contribution in [0.5, 0.6) is 0 Å². The summed E-state index contributed by atoms with van der Waals surface area (Å²) in [4.78, 5) is 11.2. The number of fused-ring (bicyclic) bond motifs is 1. The summed E-state index contributed by atoms with van der Waals surface area (Å²) in [5, 5.41) is 1.02. The molecule has 56 valence electrons. The lowest BCUT2D eigenvalue weighted by Crippen LogP contribution is -2.24. The first-order chi connectivity index (χ1) is 5.36. The Morgan fingerprint density at radius 3 is 3.36 bits per heavy atom. The lowest BCUT2D eigenvalue weighted by Gasteiger charge is -1.90. The van der Waals surface area contributed by atoms with Gasteiger partial charge in [-0.3, -0.25) is 0 Å². The van der Waals surface area contributed by atoms with Crippen LogP contribution in [0.2, 0.25) is 0 Å². The van der Waals surface area contributed by atoms with E-state index in [2.05, 4.69) is 28.0 Å². The maximum absolute atomic E-state index is 4.14. The van der Waals surface area contributed by atoms with Crippen molar-refractivity contribution in [1.82, 2.24) is 9.97 Å². The Balaban J connectivity index is 2.74. The van der Waals surface area contributed by atoms with E-state index >= 15 is 0 Å². The Morgan fingerprint density at radius 1 is 1.55 bits per heavy atom. The third kappa shape index (κ3) is 1.09. The van der Waals surface area contributed by atoms with Crippen molar-refractivity contribution in [3.8, 4) is 0 Å². The van der Waals surface area contributed by atoms with Crippen LogP contribution in [0.4, 0.5) is 0 Å². The van der Waals surface area contributed by atoms with Crippen LogP contribution in [0.25, 0.3) is 6.08 Å². The maximum Gasteiger partial charge on any atom is 0.177 e. The van der Waals surface area contributed by atoms with E-state index in [1.807, 2.05) is 6.08 Å². The van der Waals surface area contributed by atoms with E-state index in [4.69, 9.17) is 0 Å². The average molecular weight is 147 g/mol. The van der Waals surface area contributed by atoms with Crippen molar-refractivity contribution in [3.05, 3.63) is 29.4 Å². The topological polar surface area (TPSA) is 41.0 Å². The van der Waals surface area contributed by atoms with Gasteiger partial charge in [0, 0.05) is 6.20 Å². The molecule has 0 aromatic carbocycles. The van der Waals surface area contributed by atoms with Crippen LogP contribution in [-0.4, -0.2) is 9.97 Å². The lowest BCUT2D eigenvalue weighted by molar-refractivity contribution is 0.990. The summed E-state index contributed by atoms with van der Waals surface area (Å²) in [6.45, 7) is 2.11. The number of hydrogen-bond donors (Lipinski definition) is 1. The number of nitrogens with one attached hydrogen (secondary N) is 1. The molecule has 1 N–H and O–H groups in total. The van der Waals surface area contributed by atoms with E-state index in [-0.39, 0.29) is 0 Å². The van der Waals surface area contributed by atoms with Crippen LogP contribution in [-0.2, 0) is 0 Å². The first-order valence-electron chi connectivity index (χ1n) is 3.62. The molecule has 1 unspecified atom stereocenters. The summed E-state index contributed by atoms with van der Waals surface area (Å²) in [5.41, 5.74) is 0.783. The third-order valence-electron chi connectivity index (χ3n) is 1.66. The predicted molar refractivity (Wildman–Crippen MR) is 42.1 cm³/mol. The van der Waals surface area contributed by atoms with Crippen LogP contribution in [0.15, 0.2) is 23.6 Å². The molecule has 2 rings (SSSR count). The first kappa shape index (κ1) is 6.34. The van der Waals surface area contributed by atoms with Crippen molar-refractivity contribution < 1.29 is 0 Å². The molecule has 1 aliphatic rings. The fourth-order valence-corrected chi connectivity index (χ4v) is 1.09. The molecule has 0 spiro atoms. The molecule has 0 fully saturated rings. The van der Waals surface area contributed by atoms with Gasteiger partial charge in [0.05, 0.1) is 11.7 Å². The molecule has 0 bridgehead atoms. The van der Waals surface area contributed by atoms with Crippen molar-refractivity contribution in [2.45, 2.75) is 6.92 Å². The molecule has 0 saturated heterocycles. The minimum atomic E-state index is 0.431. The maximum atomic E-state index is 4.14. The molecule has 2 heterocycles. The predicted octanol–water partition coefficient (Wildman–Crippen LogP) is -0.0268. The van der Waals surface area contributed by atoms with Crippen molar-refractivity contribution >= 4 is 6.08 Å². The highest BCUT2D eigenvalue weighted by Gasteiger charge is 1.96. The Hall–Kier alpha value is -1.38. The van der Waals surface area contributed by atoms with Gasteiger partial charge in [0.25, 0.3) is 0 Å². The number of nitrogens with zero attached hydrogens (tertiary/aromatic N) is 2. The van der Waals surface area contributed by atoms with Crippen molar-refractivity contribution in [2.24, 2.45) is 10.9 Å². The second kappa shape index (κ2) is 2.34. The fraction of sp³-hybridized carbons (Fsp3) is 0.250. The quantitative estimate of drug-likeness (QED) is 0.550. The van der Waals surface area contributed by atoms with Crippen LogP contribution < -0.4 is 10.8 Å². The molecule has 1 aromatic rings. The molecule has 3 heteroatoms. The number of aromatic amines is 1. The van der Waals surface area contributed by atoms with Crippen molar-refractivity contribution in [1.29, 1.82) is 0 Å². The second-order valence-corrected chi connectivity index (χ2v) is 2.64. The van der Waals surface area contributed by atoms with E-state index in [9.17, 15) is 0 Å². The third-order valence-corrected chi connectivity index (χ3v) is 1.66. The van der Waals surface area contributed by atoms with Crippen molar-refractivity contribution in [2.75, 3.05) is 0 Å². The molecule has 1 aliphatic heterocycles. The van der Waals surface area contributed by atoms with E-state index in [0.29, 0.717) is 5.92 Å². The second-order valence-electron chi connectivity index (χ2n) is 2.64. The minimum Gasteiger partial charge on any atom is -0.343 e. The van der Waals surface area contributed by atoms with Gasteiger partial charge in [0.15, 0.2) is 5.49 Å². The van der Waals surface area contributed by atoms with Gasteiger partial charge < -0.3 is 4.98 Å². The summed E-state index contributed by atoms with van der Waals surface area (Å²) in [6.07, 6.45) is 7.61. The zero-order valence-electron chi connectivity index (χ0n) is 6.28. The number of hydrogen-bond acceptors (Lipinski definition) is 2. The summed E-state index contributed by atoms with van der Waals surface area (Å²) in [6, 6.07) is 0. The fourth-order valence-electron chi connectivity index (χ4n) is 1.09. The summed E-state index contributed by atoms with van der Waals surface area (Å²) >= 11 is 0. The molecule has 0 saturated carbocycles. The van der Waals surface area contributed by atoms with Gasteiger partial charge in [-0.1, -0.05) is 19.1 Å². The Bertz CT molecular complexity index is 386. The monoisotopic (exact) mass is 147 g/mol. The van der Waals surface area contributed by atoms with Gasteiger partial charge in [-0.15, -0.1) is 0 Å². The first-order valence-corrected chi connectivity index (χ1v) is 3.62. The molecule has 1 aromatic heterocycles. The molecule has 11 heavy (non-hydrogen) atoms. The molecular formula is C8H9N3. The van der Waals surface area contributed by atoms with Crippen LogP contribution >= 0.6 is 0 Å². The van der Waals surface area contributed by atoms with Gasteiger partial charge in [-0.2, -0.15) is 0 Å². The lowest BCUT2D eigenvalue weighted by atomic mass is 10.2. The summed E-state index contributed by atoms with van der Waals surface area (Å²) < 4.78 is 0. The summed E-state index contributed by atoms with van der Waals surface area (Å²) in [7, 11) is 0. The van der Waals surface area contributed by atoms with Gasteiger partial charge >= 0.3 is 0 Å². The number of aromatic nitrogens is 2. The number of allylic oxidation sites excluding steroid dienone is 1.